The molecule has 132 valence electrons. The summed E-state index contributed by atoms with van der Waals surface area (Å²) in [6.45, 7) is 2.19. The maximum absolute atomic E-state index is 12.5. The Labute approximate surface area is 148 Å². The molecule has 1 fully saturated rings. The number of methoxy groups -OCH3 is 1. The second-order valence-corrected chi connectivity index (χ2v) is 6.31. The van der Waals surface area contributed by atoms with E-state index in [1.807, 2.05) is 24.3 Å². The Morgan fingerprint density at radius 2 is 2.00 bits per heavy atom. The van der Waals surface area contributed by atoms with Gasteiger partial charge in [0.1, 0.15) is 23.1 Å². The molecule has 0 aliphatic heterocycles. The van der Waals surface area contributed by atoms with E-state index in [-0.39, 0.29) is 5.91 Å². The van der Waals surface area contributed by atoms with Gasteiger partial charge in [-0.25, -0.2) is 9.97 Å². The third-order valence-corrected chi connectivity index (χ3v) is 4.41. The molecule has 1 amide bonds. The first-order valence-electron chi connectivity index (χ1n) is 8.68. The number of aryl methyl sites for hydroxylation is 1. The van der Waals surface area contributed by atoms with Crippen LogP contribution in [0.5, 0.6) is 5.75 Å². The highest BCUT2D eigenvalue weighted by Gasteiger charge is 2.17. The van der Waals surface area contributed by atoms with Crippen molar-refractivity contribution in [1.82, 2.24) is 15.3 Å². The molecule has 25 heavy (non-hydrogen) atoms. The lowest BCUT2D eigenvalue weighted by molar-refractivity contribution is 0.0945. The number of carbonyl (C=O) groups is 1. The van der Waals surface area contributed by atoms with Crippen LogP contribution in [0.3, 0.4) is 0 Å². The lowest BCUT2D eigenvalue weighted by Crippen LogP contribution is -2.25. The van der Waals surface area contributed by atoms with Crippen molar-refractivity contribution < 1.29 is 9.53 Å². The lowest BCUT2D eigenvalue weighted by atomic mass is 10.2. The number of anilines is 1. The Kier molecular flexibility index (Phi) is 5.48. The number of amides is 1. The fraction of sp³-hybridized carbons (Fsp3) is 0.421. The van der Waals surface area contributed by atoms with Crippen molar-refractivity contribution in [2.75, 3.05) is 12.4 Å². The Morgan fingerprint density at radius 1 is 1.24 bits per heavy atom. The van der Waals surface area contributed by atoms with Gasteiger partial charge in [0.05, 0.1) is 7.11 Å². The van der Waals surface area contributed by atoms with Gasteiger partial charge in [0.25, 0.3) is 5.91 Å². The van der Waals surface area contributed by atoms with E-state index in [9.17, 15) is 4.79 Å². The Bertz CT molecular complexity index is 742. The van der Waals surface area contributed by atoms with Gasteiger partial charge in [0, 0.05) is 24.2 Å². The molecule has 0 saturated heterocycles. The summed E-state index contributed by atoms with van der Waals surface area (Å²) < 4.78 is 5.31. The molecule has 0 bridgehead atoms. The molecule has 0 atom stereocenters. The second kappa shape index (κ2) is 7.96. The zero-order chi connectivity index (χ0) is 17.6. The summed E-state index contributed by atoms with van der Waals surface area (Å²) in [6, 6.07) is 9.79. The number of ether oxygens (including phenoxy) is 1. The summed E-state index contributed by atoms with van der Waals surface area (Å²) in [5.74, 6) is 1.85. The molecule has 1 aliphatic carbocycles. The maximum Gasteiger partial charge on any atom is 0.270 e. The summed E-state index contributed by atoms with van der Waals surface area (Å²) in [6.07, 6.45) is 4.79. The molecule has 0 unspecified atom stereocenters. The number of para-hydroxylation sites is 1. The minimum Gasteiger partial charge on any atom is -0.496 e. The van der Waals surface area contributed by atoms with E-state index in [4.69, 9.17) is 4.74 Å². The molecule has 1 aromatic heterocycles. The Balaban J connectivity index is 1.67. The van der Waals surface area contributed by atoms with Crippen molar-refractivity contribution in [3.63, 3.8) is 0 Å². The minimum absolute atomic E-state index is 0.217. The van der Waals surface area contributed by atoms with Crippen LogP contribution in [-0.2, 0) is 6.54 Å². The lowest BCUT2D eigenvalue weighted by Gasteiger charge is -2.14. The van der Waals surface area contributed by atoms with Gasteiger partial charge in [-0.2, -0.15) is 0 Å². The van der Waals surface area contributed by atoms with Crippen LogP contribution in [-0.4, -0.2) is 29.0 Å². The molecule has 0 spiro atoms. The monoisotopic (exact) mass is 340 g/mol. The van der Waals surface area contributed by atoms with E-state index in [1.165, 1.54) is 12.8 Å². The Morgan fingerprint density at radius 3 is 2.76 bits per heavy atom. The molecule has 0 radical (unpaired) electrons. The largest absolute Gasteiger partial charge is 0.496 e. The average molecular weight is 340 g/mol. The first kappa shape index (κ1) is 17.2. The van der Waals surface area contributed by atoms with Crippen LogP contribution in [0.2, 0.25) is 0 Å². The van der Waals surface area contributed by atoms with Crippen LogP contribution in [0.4, 0.5) is 5.82 Å². The standard InChI is InChI=1S/C19H24N4O2/c1-13-21-16(11-18(22-13)23-15-8-4-5-9-15)19(24)20-12-14-7-3-6-10-17(14)25-2/h3,6-7,10-11,15H,4-5,8-9,12H2,1-2H3,(H,20,24)(H,21,22,23). The van der Waals surface area contributed by atoms with E-state index < -0.39 is 0 Å². The molecular weight excluding hydrogens is 316 g/mol. The predicted octanol–water partition coefficient (Wildman–Crippen LogP) is 3.08. The maximum atomic E-state index is 12.5. The number of rotatable bonds is 6. The summed E-state index contributed by atoms with van der Waals surface area (Å²) in [5.41, 5.74) is 1.30. The first-order chi connectivity index (χ1) is 12.2. The molecule has 6 nitrogen and oxygen atoms in total. The Hall–Kier alpha value is -2.63. The number of nitrogens with one attached hydrogen (secondary N) is 2. The molecule has 2 aromatic rings. The number of hydrogen-bond donors (Lipinski definition) is 2. The molecule has 1 aromatic carbocycles. The van der Waals surface area contributed by atoms with Gasteiger partial charge >= 0.3 is 0 Å². The van der Waals surface area contributed by atoms with Crippen LogP contribution >= 0.6 is 0 Å². The normalized spacial score (nSPS) is 14.3. The van der Waals surface area contributed by atoms with Crippen molar-refractivity contribution >= 4 is 11.7 Å². The topological polar surface area (TPSA) is 76.1 Å². The van der Waals surface area contributed by atoms with Crippen LogP contribution in [0.25, 0.3) is 0 Å². The highest BCUT2D eigenvalue weighted by Crippen LogP contribution is 2.22. The minimum atomic E-state index is -0.217. The van der Waals surface area contributed by atoms with Gasteiger partial charge in [-0.1, -0.05) is 31.0 Å². The van der Waals surface area contributed by atoms with Crippen molar-refractivity contribution in [2.24, 2.45) is 0 Å². The van der Waals surface area contributed by atoms with Gasteiger partial charge in [-0.05, 0) is 25.8 Å². The SMILES string of the molecule is COc1ccccc1CNC(=O)c1cc(NC2CCCC2)nc(C)n1. The molecule has 1 heterocycles. The van der Waals surface area contributed by atoms with Crippen molar-refractivity contribution in [1.29, 1.82) is 0 Å². The van der Waals surface area contributed by atoms with Gasteiger partial charge in [-0.3, -0.25) is 4.79 Å². The molecule has 2 N–H and O–H groups in total. The highest BCUT2D eigenvalue weighted by molar-refractivity contribution is 5.92. The quantitative estimate of drug-likeness (QED) is 0.845. The van der Waals surface area contributed by atoms with Crippen LogP contribution in [0.1, 0.15) is 47.6 Å². The first-order valence-corrected chi connectivity index (χ1v) is 8.68. The van der Waals surface area contributed by atoms with Crippen molar-refractivity contribution in [3.05, 3.63) is 47.4 Å². The molecule has 6 heteroatoms. The molecule has 1 aliphatic rings. The number of carbonyl (C=O) groups excluding carboxylic acids is 1. The smallest absolute Gasteiger partial charge is 0.270 e. The zero-order valence-corrected chi connectivity index (χ0v) is 14.7. The zero-order valence-electron chi connectivity index (χ0n) is 14.7. The summed E-state index contributed by atoms with van der Waals surface area (Å²) in [5, 5.41) is 6.32. The molecule has 1 saturated carbocycles. The number of nitrogens with zero attached hydrogens (tertiary/aromatic N) is 2. The average Bonchev–Trinajstić information content (AvgIpc) is 3.12. The van der Waals surface area contributed by atoms with E-state index in [1.54, 1.807) is 20.1 Å². The van der Waals surface area contributed by atoms with Crippen LogP contribution in [0, 0.1) is 6.92 Å². The third-order valence-electron chi connectivity index (χ3n) is 4.41. The van der Waals surface area contributed by atoms with Gasteiger partial charge < -0.3 is 15.4 Å². The second-order valence-electron chi connectivity index (χ2n) is 6.31. The fourth-order valence-corrected chi connectivity index (χ4v) is 3.15. The van der Waals surface area contributed by atoms with Crippen LogP contribution in [0.15, 0.2) is 30.3 Å². The van der Waals surface area contributed by atoms with Crippen molar-refractivity contribution in [3.8, 4) is 5.75 Å². The third kappa shape index (κ3) is 4.47. The summed E-state index contributed by atoms with van der Waals surface area (Å²) >= 11 is 0. The number of hydrogen-bond acceptors (Lipinski definition) is 5. The molecule has 3 rings (SSSR count). The highest BCUT2D eigenvalue weighted by atomic mass is 16.5. The van der Waals surface area contributed by atoms with E-state index in [0.717, 1.165) is 30.0 Å². The van der Waals surface area contributed by atoms with Gasteiger partial charge in [0.2, 0.25) is 0 Å². The summed E-state index contributed by atoms with van der Waals surface area (Å²) in [4.78, 5) is 21.2. The fourth-order valence-electron chi connectivity index (χ4n) is 3.15. The number of benzene rings is 1. The van der Waals surface area contributed by atoms with Crippen LogP contribution < -0.4 is 15.4 Å². The number of aromatic nitrogens is 2. The molecular formula is C19H24N4O2. The predicted molar refractivity (Wildman–Crippen MR) is 96.8 cm³/mol. The van der Waals surface area contributed by atoms with Gasteiger partial charge in [0.15, 0.2) is 0 Å². The summed E-state index contributed by atoms with van der Waals surface area (Å²) in [7, 11) is 1.62. The van der Waals surface area contributed by atoms with E-state index in [2.05, 4.69) is 20.6 Å². The van der Waals surface area contributed by atoms with E-state index in [0.29, 0.717) is 24.1 Å². The van der Waals surface area contributed by atoms with Crippen molar-refractivity contribution in [2.45, 2.75) is 45.2 Å². The van der Waals surface area contributed by atoms with E-state index >= 15 is 0 Å². The van der Waals surface area contributed by atoms with Gasteiger partial charge in [-0.15, -0.1) is 0 Å².